The number of nitrogens with zero attached hydrogens (tertiary/aromatic N) is 4. The first-order valence-electron chi connectivity index (χ1n) is 6.07. The van der Waals surface area contributed by atoms with E-state index < -0.39 is 0 Å². The van der Waals surface area contributed by atoms with E-state index in [-0.39, 0.29) is 0 Å². The predicted molar refractivity (Wildman–Crippen MR) is 71.3 cm³/mol. The van der Waals surface area contributed by atoms with Crippen LogP contribution in [-0.2, 0) is 13.6 Å². The summed E-state index contributed by atoms with van der Waals surface area (Å²) in [5.41, 5.74) is 0. The van der Waals surface area contributed by atoms with Crippen LogP contribution in [0.15, 0.2) is 24.5 Å². The van der Waals surface area contributed by atoms with Gasteiger partial charge in [-0.15, -0.1) is 10.2 Å². The van der Waals surface area contributed by atoms with E-state index in [2.05, 4.69) is 32.7 Å². The van der Waals surface area contributed by atoms with Gasteiger partial charge in [-0.1, -0.05) is 13.0 Å². The molecular weight excluding hydrogens is 228 g/mol. The molecule has 0 radical (unpaired) electrons. The lowest BCUT2D eigenvalue weighted by atomic mass is 10.4. The lowest BCUT2D eigenvalue weighted by molar-refractivity contribution is 0.810. The van der Waals surface area contributed by atoms with Crippen LogP contribution >= 0.6 is 0 Å². The Hall–Kier alpha value is -2.11. The number of anilines is 2. The average Bonchev–Trinajstić information content (AvgIpc) is 2.80. The first-order valence-corrected chi connectivity index (χ1v) is 6.07. The molecule has 0 aliphatic carbocycles. The molecule has 6 nitrogen and oxygen atoms in total. The number of rotatable bonds is 6. The molecule has 2 heterocycles. The number of hydrogen-bond donors (Lipinski definition) is 2. The summed E-state index contributed by atoms with van der Waals surface area (Å²) in [6.45, 7) is 3.67. The second-order valence-electron chi connectivity index (χ2n) is 4.05. The Morgan fingerprint density at radius 1 is 1.22 bits per heavy atom. The van der Waals surface area contributed by atoms with Gasteiger partial charge in [-0.05, 0) is 18.6 Å². The molecule has 0 bridgehead atoms. The van der Waals surface area contributed by atoms with E-state index in [0.717, 1.165) is 30.4 Å². The molecule has 0 aromatic carbocycles. The molecule has 96 valence electrons. The Balaban J connectivity index is 1.95. The van der Waals surface area contributed by atoms with Gasteiger partial charge in [0.25, 0.3) is 0 Å². The van der Waals surface area contributed by atoms with Gasteiger partial charge in [0.2, 0.25) is 0 Å². The van der Waals surface area contributed by atoms with E-state index in [9.17, 15) is 0 Å². The maximum absolute atomic E-state index is 4.46. The second kappa shape index (κ2) is 6.00. The van der Waals surface area contributed by atoms with Crippen molar-refractivity contribution in [3.8, 4) is 0 Å². The van der Waals surface area contributed by atoms with Gasteiger partial charge < -0.3 is 15.2 Å². The Labute approximate surface area is 106 Å². The molecule has 0 saturated heterocycles. The second-order valence-corrected chi connectivity index (χ2v) is 4.05. The maximum Gasteiger partial charge on any atom is 0.151 e. The lowest BCUT2D eigenvalue weighted by Crippen LogP contribution is -2.08. The van der Waals surface area contributed by atoms with Crippen LogP contribution in [0, 0.1) is 0 Å². The molecule has 2 aromatic heterocycles. The first-order chi connectivity index (χ1) is 8.79. The summed E-state index contributed by atoms with van der Waals surface area (Å²) in [6, 6.07) is 5.88. The van der Waals surface area contributed by atoms with Crippen LogP contribution in [0.4, 0.5) is 11.6 Å². The van der Waals surface area contributed by atoms with Crippen molar-refractivity contribution in [3.05, 3.63) is 30.4 Å². The molecule has 0 aliphatic heterocycles. The summed E-state index contributed by atoms with van der Waals surface area (Å²) in [7, 11) is 1.92. The smallest absolute Gasteiger partial charge is 0.151 e. The van der Waals surface area contributed by atoms with Crippen molar-refractivity contribution in [2.45, 2.75) is 19.9 Å². The van der Waals surface area contributed by atoms with Gasteiger partial charge in [0.1, 0.15) is 18.0 Å². The first kappa shape index (κ1) is 12.3. The third-order valence-electron chi connectivity index (χ3n) is 2.54. The van der Waals surface area contributed by atoms with Crippen LogP contribution in [0.1, 0.15) is 19.2 Å². The minimum absolute atomic E-state index is 0.612. The third kappa shape index (κ3) is 3.19. The number of nitrogens with one attached hydrogen (secondary N) is 2. The monoisotopic (exact) mass is 246 g/mol. The van der Waals surface area contributed by atoms with Gasteiger partial charge in [0.15, 0.2) is 5.82 Å². The summed E-state index contributed by atoms with van der Waals surface area (Å²) >= 11 is 0. The molecule has 2 N–H and O–H groups in total. The largest absolute Gasteiger partial charge is 0.370 e. The molecule has 2 aromatic rings. The van der Waals surface area contributed by atoms with Gasteiger partial charge in [-0.3, -0.25) is 0 Å². The zero-order valence-electron chi connectivity index (χ0n) is 10.7. The molecule has 0 aliphatic rings. The SMILES string of the molecule is CCCNc1cccc(NCc2nncn2C)n1. The number of hydrogen-bond acceptors (Lipinski definition) is 5. The quantitative estimate of drug-likeness (QED) is 0.811. The summed E-state index contributed by atoms with van der Waals surface area (Å²) < 4.78 is 1.88. The fourth-order valence-electron chi connectivity index (χ4n) is 1.52. The maximum atomic E-state index is 4.46. The molecule has 0 fully saturated rings. The van der Waals surface area contributed by atoms with Crippen molar-refractivity contribution in [2.75, 3.05) is 17.2 Å². The molecule has 6 heteroatoms. The minimum atomic E-state index is 0.612. The fourth-order valence-corrected chi connectivity index (χ4v) is 1.52. The van der Waals surface area contributed by atoms with Crippen LogP contribution in [0.3, 0.4) is 0 Å². The standard InChI is InChI=1S/C12H18N6/c1-3-7-13-10-5-4-6-11(16-10)14-8-12-17-15-9-18(12)2/h4-6,9H,3,7-8H2,1-2H3,(H2,13,14,16). The van der Waals surface area contributed by atoms with Gasteiger partial charge in [-0.2, -0.15) is 0 Å². The third-order valence-corrected chi connectivity index (χ3v) is 2.54. The molecule has 2 rings (SSSR count). The van der Waals surface area contributed by atoms with Crippen LogP contribution in [0.25, 0.3) is 0 Å². The van der Waals surface area contributed by atoms with Crippen molar-refractivity contribution >= 4 is 11.6 Å². The fraction of sp³-hybridized carbons (Fsp3) is 0.417. The normalized spacial score (nSPS) is 10.3. The highest BCUT2D eigenvalue weighted by Gasteiger charge is 2.01. The van der Waals surface area contributed by atoms with Crippen molar-refractivity contribution in [1.29, 1.82) is 0 Å². The van der Waals surface area contributed by atoms with Crippen LogP contribution in [0.2, 0.25) is 0 Å². The molecule has 0 unspecified atom stereocenters. The van der Waals surface area contributed by atoms with E-state index in [0.29, 0.717) is 6.54 Å². The number of pyridine rings is 1. The molecule has 0 amide bonds. The lowest BCUT2D eigenvalue weighted by Gasteiger charge is -2.08. The highest BCUT2D eigenvalue weighted by Crippen LogP contribution is 2.09. The Kier molecular flexibility index (Phi) is 4.11. The zero-order valence-corrected chi connectivity index (χ0v) is 10.7. The Bertz CT molecular complexity index is 493. The van der Waals surface area contributed by atoms with Crippen LogP contribution in [-0.4, -0.2) is 26.3 Å². The van der Waals surface area contributed by atoms with Crippen molar-refractivity contribution in [2.24, 2.45) is 7.05 Å². The minimum Gasteiger partial charge on any atom is -0.370 e. The van der Waals surface area contributed by atoms with E-state index >= 15 is 0 Å². The van der Waals surface area contributed by atoms with E-state index in [4.69, 9.17) is 0 Å². The Morgan fingerprint density at radius 2 is 2.00 bits per heavy atom. The summed E-state index contributed by atoms with van der Waals surface area (Å²) in [5.74, 6) is 2.60. The number of aromatic nitrogens is 4. The van der Waals surface area contributed by atoms with Crippen LogP contribution in [0.5, 0.6) is 0 Å². The van der Waals surface area contributed by atoms with Crippen LogP contribution < -0.4 is 10.6 Å². The topological polar surface area (TPSA) is 67.7 Å². The van der Waals surface area contributed by atoms with Gasteiger partial charge >= 0.3 is 0 Å². The summed E-state index contributed by atoms with van der Waals surface area (Å²) in [6.07, 6.45) is 2.77. The van der Waals surface area contributed by atoms with Gasteiger partial charge in [0.05, 0.1) is 6.54 Å². The van der Waals surface area contributed by atoms with E-state index in [1.54, 1.807) is 6.33 Å². The highest BCUT2D eigenvalue weighted by molar-refractivity contribution is 5.45. The van der Waals surface area contributed by atoms with Crippen molar-refractivity contribution in [1.82, 2.24) is 19.7 Å². The predicted octanol–water partition coefficient (Wildman–Crippen LogP) is 1.64. The highest BCUT2D eigenvalue weighted by atomic mass is 15.3. The van der Waals surface area contributed by atoms with Gasteiger partial charge in [0, 0.05) is 13.6 Å². The molecule has 0 saturated carbocycles. The Morgan fingerprint density at radius 3 is 2.67 bits per heavy atom. The number of aryl methyl sites for hydroxylation is 1. The zero-order chi connectivity index (χ0) is 12.8. The summed E-state index contributed by atoms with van der Waals surface area (Å²) in [5, 5.41) is 14.3. The van der Waals surface area contributed by atoms with Gasteiger partial charge in [-0.25, -0.2) is 4.98 Å². The molecular formula is C12H18N6. The molecule has 0 spiro atoms. The van der Waals surface area contributed by atoms with Crippen molar-refractivity contribution in [3.63, 3.8) is 0 Å². The van der Waals surface area contributed by atoms with Crippen molar-refractivity contribution < 1.29 is 0 Å². The van der Waals surface area contributed by atoms with E-state index in [1.807, 2.05) is 29.8 Å². The average molecular weight is 246 g/mol. The summed E-state index contributed by atoms with van der Waals surface area (Å²) in [4.78, 5) is 4.46. The van der Waals surface area contributed by atoms with E-state index in [1.165, 1.54) is 0 Å². The molecule has 18 heavy (non-hydrogen) atoms. The molecule has 0 atom stereocenters.